The highest BCUT2D eigenvalue weighted by Crippen LogP contribution is 2.34. The molecule has 0 bridgehead atoms. The third-order valence-electron chi connectivity index (χ3n) is 7.39. The van der Waals surface area contributed by atoms with Gasteiger partial charge in [-0.15, -0.1) is 0 Å². The molecule has 0 fully saturated rings. The summed E-state index contributed by atoms with van der Waals surface area (Å²) in [6.45, 7) is 2.01. The van der Waals surface area contributed by atoms with E-state index >= 15 is 0 Å². The fourth-order valence-corrected chi connectivity index (χ4v) is 5.37. The summed E-state index contributed by atoms with van der Waals surface area (Å²) in [5.41, 5.74) is 2.70. The number of benzene rings is 3. The third kappa shape index (κ3) is 5.98. The molecular weight excluding hydrogens is 562 g/mol. The second-order valence-corrected chi connectivity index (χ2v) is 10.3. The number of anilines is 3. The van der Waals surface area contributed by atoms with Crippen molar-refractivity contribution in [3.8, 4) is 0 Å². The Morgan fingerprint density at radius 3 is 2.44 bits per heavy atom. The molecule has 43 heavy (non-hydrogen) atoms. The Labute approximate surface area is 243 Å². The Hall–Kier alpha value is -5.03. The number of aromatic amines is 1. The second kappa shape index (κ2) is 11.3. The number of carbonyl (C=O) groups is 1. The van der Waals surface area contributed by atoms with Gasteiger partial charge in [0.05, 0.1) is 16.8 Å². The summed E-state index contributed by atoms with van der Waals surface area (Å²) in [5, 5.41) is 6.58. The van der Waals surface area contributed by atoms with Crippen molar-refractivity contribution in [1.29, 1.82) is 0 Å². The number of rotatable bonds is 6. The standard InChI is InChI=1S/C32H25F4N5O2/c33-20-6-11-24(26(16-20)32(34,35)36)30(42)39-22-9-7-21(8-10-22)38-27-12-14-37-29-28(27)23-13-15-41(18-25(23)31(43)40-29)17-19-4-2-1-3-5-19/h1-12,14,16H,13,15,17-18H2,(H,39,42)(H2,37,38,40,43). The summed E-state index contributed by atoms with van der Waals surface area (Å²) in [7, 11) is 0. The van der Waals surface area contributed by atoms with Gasteiger partial charge in [0.1, 0.15) is 11.5 Å². The van der Waals surface area contributed by atoms with Gasteiger partial charge in [0.15, 0.2) is 0 Å². The normalized spacial score (nSPS) is 13.5. The maximum atomic E-state index is 13.4. The first-order valence-electron chi connectivity index (χ1n) is 13.5. The van der Waals surface area contributed by atoms with Gasteiger partial charge in [0.25, 0.3) is 11.5 Å². The fraction of sp³-hybridized carbons (Fsp3) is 0.156. The average molecular weight is 588 g/mol. The zero-order valence-corrected chi connectivity index (χ0v) is 22.6. The van der Waals surface area contributed by atoms with E-state index in [1.165, 1.54) is 5.56 Å². The number of halogens is 4. The van der Waals surface area contributed by atoms with Gasteiger partial charge in [0, 0.05) is 48.2 Å². The topological polar surface area (TPSA) is 90.1 Å². The number of carbonyl (C=O) groups excluding carboxylic acids is 1. The van der Waals surface area contributed by atoms with Gasteiger partial charge in [-0.2, -0.15) is 13.2 Å². The number of H-pyrrole nitrogens is 1. The molecule has 1 aliphatic rings. The monoisotopic (exact) mass is 587 g/mol. The van der Waals surface area contributed by atoms with Crippen LogP contribution < -0.4 is 16.2 Å². The molecule has 11 heteroatoms. The van der Waals surface area contributed by atoms with E-state index in [1.807, 2.05) is 18.2 Å². The van der Waals surface area contributed by atoms with Gasteiger partial charge >= 0.3 is 6.18 Å². The number of hydrogen-bond acceptors (Lipinski definition) is 5. The highest BCUT2D eigenvalue weighted by Gasteiger charge is 2.35. The predicted molar refractivity (Wildman–Crippen MR) is 156 cm³/mol. The van der Waals surface area contributed by atoms with Crippen LogP contribution in [0.4, 0.5) is 34.6 Å². The summed E-state index contributed by atoms with van der Waals surface area (Å²) in [4.78, 5) is 35.2. The van der Waals surface area contributed by atoms with Crippen LogP contribution >= 0.6 is 0 Å². The number of pyridine rings is 2. The van der Waals surface area contributed by atoms with Crippen molar-refractivity contribution in [2.75, 3.05) is 17.2 Å². The average Bonchev–Trinajstić information content (AvgIpc) is 2.98. The maximum absolute atomic E-state index is 13.4. The molecule has 0 unspecified atom stereocenters. The zero-order chi connectivity index (χ0) is 30.1. The van der Waals surface area contributed by atoms with Gasteiger partial charge in [-0.1, -0.05) is 30.3 Å². The molecule has 3 heterocycles. The minimum Gasteiger partial charge on any atom is -0.355 e. The first-order chi connectivity index (χ1) is 20.7. The van der Waals surface area contributed by atoms with E-state index in [4.69, 9.17) is 0 Å². The van der Waals surface area contributed by atoms with Crippen LogP contribution in [0.3, 0.4) is 0 Å². The largest absolute Gasteiger partial charge is 0.417 e. The smallest absolute Gasteiger partial charge is 0.355 e. The van der Waals surface area contributed by atoms with Crippen LogP contribution in [0.25, 0.3) is 11.0 Å². The molecule has 218 valence electrons. The van der Waals surface area contributed by atoms with E-state index in [-0.39, 0.29) is 11.2 Å². The molecule has 0 aliphatic carbocycles. The number of alkyl halides is 3. The Balaban J connectivity index is 1.22. The molecule has 3 N–H and O–H groups in total. The van der Waals surface area contributed by atoms with Crippen molar-refractivity contribution in [1.82, 2.24) is 14.9 Å². The molecular formula is C32H25F4N5O2. The lowest BCUT2D eigenvalue weighted by Crippen LogP contribution is -2.34. The minimum absolute atomic E-state index is 0.167. The van der Waals surface area contributed by atoms with Gasteiger partial charge < -0.3 is 15.6 Å². The van der Waals surface area contributed by atoms with Crippen molar-refractivity contribution >= 4 is 34.0 Å². The van der Waals surface area contributed by atoms with Gasteiger partial charge in [0.2, 0.25) is 0 Å². The number of nitrogens with one attached hydrogen (secondary N) is 3. The summed E-state index contributed by atoms with van der Waals surface area (Å²) >= 11 is 0. The highest BCUT2D eigenvalue weighted by molar-refractivity contribution is 6.05. The summed E-state index contributed by atoms with van der Waals surface area (Å²) in [6.07, 6.45) is -2.64. The van der Waals surface area contributed by atoms with E-state index < -0.39 is 29.0 Å². The van der Waals surface area contributed by atoms with E-state index in [2.05, 4.69) is 37.6 Å². The number of hydrogen-bond donors (Lipinski definition) is 3. The first kappa shape index (κ1) is 28.1. The molecule has 0 atom stereocenters. The van der Waals surface area contributed by atoms with Crippen LogP contribution in [0.2, 0.25) is 0 Å². The van der Waals surface area contributed by atoms with Crippen molar-refractivity contribution in [3.63, 3.8) is 0 Å². The molecule has 0 saturated heterocycles. The van der Waals surface area contributed by atoms with E-state index in [0.29, 0.717) is 35.9 Å². The maximum Gasteiger partial charge on any atom is 0.417 e. The molecule has 1 aliphatic heterocycles. The summed E-state index contributed by atoms with van der Waals surface area (Å²) in [6, 6.07) is 20.2. The van der Waals surface area contributed by atoms with Crippen molar-refractivity contribution in [2.24, 2.45) is 0 Å². The van der Waals surface area contributed by atoms with Crippen LogP contribution in [0.1, 0.15) is 32.6 Å². The number of aromatic nitrogens is 2. The van der Waals surface area contributed by atoms with Crippen molar-refractivity contribution in [2.45, 2.75) is 25.7 Å². The summed E-state index contributed by atoms with van der Waals surface area (Å²) in [5.74, 6) is -2.09. The second-order valence-electron chi connectivity index (χ2n) is 10.3. The van der Waals surface area contributed by atoms with E-state index in [9.17, 15) is 27.2 Å². The molecule has 5 aromatic rings. The van der Waals surface area contributed by atoms with E-state index in [1.54, 1.807) is 36.5 Å². The molecule has 1 amide bonds. The van der Waals surface area contributed by atoms with Crippen LogP contribution in [0.5, 0.6) is 0 Å². The Kier molecular flexibility index (Phi) is 7.41. The van der Waals surface area contributed by atoms with Gasteiger partial charge in [-0.3, -0.25) is 14.5 Å². The Morgan fingerprint density at radius 2 is 1.70 bits per heavy atom. The third-order valence-corrected chi connectivity index (χ3v) is 7.39. The lowest BCUT2D eigenvalue weighted by molar-refractivity contribution is -0.138. The van der Waals surface area contributed by atoms with Crippen LogP contribution in [-0.2, 0) is 25.7 Å². The van der Waals surface area contributed by atoms with Gasteiger partial charge in [-0.05, 0) is 66.1 Å². The van der Waals surface area contributed by atoms with Crippen LogP contribution in [-0.4, -0.2) is 27.3 Å². The van der Waals surface area contributed by atoms with E-state index in [0.717, 1.165) is 41.9 Å². The van der Waals surface area contributed by atoms with Crippen molar-refractivity contribution in [3.05, 3.63) is 129 Å². The van der Waals surface area contributed by atoms with Crippen LogP contribution in [0, 0.1) is 5.82 Å². The summed E-state index contributed by atoms with van der Waals surface area (Å²) < 4.78 is 53.5. The minimum atomic E-state index is -4.89. The highest BCUT2D eigenvalue weighted by atomic mass is 19.4. The lowest BCUT2D eigenvalue weighted by atomic mass is 9.96. The lowest BCUT2D eigenvalue weighted by Gasteiger charge is -2.29. The first-order valence-corrected chi connectivity index (χ1v) is 13.5. The molecule has 0 spiro atoms. The molecule has 3 aromatic carbocycles. The fourth-order valence-electron chi connectivity index (χ4n) is 5.37. The van der Waals surface area contributed by atoms with Crippen molar-refractivity contribution < 1.29 is 22.4 Å². The molecule has 0 saturated carbocycles. The number of amides is 1. The number of nitrogens with zero attached hydrogens (tertiary/aromatic N) is 2. The predicted octanol–water partition coefficient (Wildman–Crippen LogP) is 6.64. The van der Waals surface area contributed by atoms with Crippen LogP contribution in [0.15, 0.2) is 89.9 Å². The van der Waals surface area contributed by atoms with Gasteiger partial charge in [-0.25, -0.2) is 9.37 Å². The zero-order valence-electron chi connectivity index (χ0n) is 22.6. The Morgan fingerprint density at radius 1 is 0.953 bits per heavy atom. The molecule has 6 rings (SSSR count). The molecule has 2 aromatic heterocycles. The number of fused-ring (bicyclic) bond motifs is 3. The molecule has 0 radical (unpaired) electrons. The SMILES string of the molecule is O=C(Nc1ccc(Nc2ccnc3[nH]c(=O)c4c(c23)CCN(Cc2ccccc2)C4)cc1)c1ccc(F)cc1C(F)(F)F. The molecule has 7 nitrogen and oxygen atoms in total. The Bertz CT molecular complexity index is 1870. The quantitative estimate of drug-likeness (QED) is 0.194.